The second-order valence-corrected chi connectivity index (χ2v) is 32.8. The number of carbonyl (C=O) groups is 8. The number of anilines is 4. The lowest BCUT2D eigenvalue weighted by Gasteiger charge is -2.51. The molecule has 4 fully saturated rings. The molecule has 2 aromatic carbocycles. The lowest BCUT2D eigenvalue weighted by Crippen LogP contribution is -2.68. The Labute approximate surface area is 837 Å². The normalized spacial score (nSPS) is 19.0. The molecular formula is C84H112Cl11N17O23. The monoisotopic (exact) mass is 2110 g/mol. The number of morpholine rings is 3. The first kappa shape index (κ1) is 121. The van der Waals surface area contributed by atoms with Gasteiger partial charge in [-0.3, -0.25) is 49.2 Å². The minimum atomic E-state index is -1.19. The number of rotatable bonds is 26. The van der Waals surface area contributed by atoms with Crippen molar-refractivity contribution in [3.63, 3.8) is 0 Å². The Hall–Kier alpha value is -8.34. The summed E-state index contributed by atoms with van der Waals surface area (Å²) in [6.07, 6.45) is 14.1. The maximum atomic E-state index is 12.7. The number of nitrogens with zero attached hydrogens (tertiary/aromatic N) is 15. The summed E-state index contributed by atoms with van der Waals surface area (Å²) >= 11 is 60.4. The number of nitro groups is 2. The molecule has 6 aromatic rings. The topological polar surface area (TPSA) is 491 Å². The van der Waals surface area contributed by atoms with Crippen LogP contribution in [0.25, 0.3) is 0 Å². The first-order valence-electron chi connectivity index (χ1n) is 41.7. The largest absolute Gasteiger partial charge is 0.469 e. The Morgan fingerprint density at radius 3 is 1.53 bits per heavy atom. The third-order valence-corrected chi connectivity index (χ3v) is 23.4. The van der Waals surface area contributed by atoms with Crippen LogP contribution in [-0.4, -0.2) is 291 Å². The fourth-order valence-corrected chi connectivity index (χ4v) is 14.9. The summed E-state index contributed by atoms with van der Waals surface area (Å²) in [5.74, 6) is 0.852. The summed E-state index contributed by atoms with van der Waals surface area (Å²) in [6.45, 7) is 19.6. The number of likely N-dealkylation sites (N-methyl/N-ethyl adjacent to an activating group) is 1. The molecule has 135 heavy (non-hydrogen) atoms. The Balaban J connectivity index is 0.000000393. The van der Waals surface area contributed by atoms with E-state index < -0.39 is 50.0 Å². The second kappa shape index (κ2) is 62.6. The molecule has 51 heteroatoms. The van der Waals surface area contributed by atoms with Crippen LogP contribution in [-0.2, 0) is 92.1 Å². The van der Waals surface area contributed by atoms with E-state index >= 15 is 0 Å². The molecule has 748 valence electrons. The molecule has 0 spiro atoms. The highest BCUT2D eigenvalue weighted by Gasteiger charge is 2.54. The molecule has 0 aliphatic carbocycles. The van der Waals surface area contributed by atoms with Gasteiger partial charge in [0.25, 0.3) is 5.91 Å². The van der Waals surface area contributed by atoms with Gasteiger partial charge < -0.3 is 77.4 Å². The third-order valence-electron chi connectivity index (χ3n) is 21.2. The van der Waals surface area contributed by atoms with Gasteiger partial charge in [-0.2, -0.15) is 15.0 Å². The standard InChI is InChI=1S/C12H15ClN4O5.C12H15ClN4O2.C12H14ClN3O2.C12H14ClNO2.C9H16O3.C8H16ClNO3.C7H5ClO.C5H10ClNO2.C4HCl2N3O2.C3H6Cl2O/c1-3-12(10(18)21-2)7-22-5-4-16(12)9-8(17(19)20)6-14-11(13)15-9;1-3-12-7-19-5-4-17(12)9-8(16(2)10(12)18)6-14-11(13)15-9;1-2-12-7-18-4-3-16(12)10-8(5-9(12)17)6-14-11(13)15-10;1-3-11(12(15)16-2)14-8-9-4-6-10(13)7-5-9;1-3-9(8(10)11-2)5-4-6-12-7-9;1-3-8(10,7(11)12-2)6-13-5-4-9;8-7-3-1-6(5-9)2-4-7;1-3-4(7-6)5(8)9-2;5-3-2(9(10)11)1-7-4(6)8-3;4-1-2-6-3-5/h6H,3-5,7H2,1-2H3;6H,3-5,7H2,1-2H3;6H,2-5,7H2,1H3;4-8,11H,3H2,1-2H3;3-7H2,1-2H3;3-6,10H2,1-2H3;1-5H;4,7H,3H2,1-2H3;1H;1-3H2. The van der Waals surface area contributed by atoms with Crippen molar-refractivity contribution < 1.29 is 100 Å². The lowest BCUT2D eigenvalue weighted by atomic mass is 9.80. The first-order valence-corrected chi connectivity index (χ1v) is 46.4. The highest BCUT2D eigenvalue weighted by Crippen LogP contribution is 2.43. The van der Waals surface area contributed by atoms with Crippen molar-refractivity contribution in [3.8, 4) is 0 Å². The predicted molar refractivity (Wildman–Crippen MR) is 514 cm³/mol. The Kier molecular flexibility index (Phi) is 56.0. The number of methoxy groups -OCH3 is 5. The summed E-state index contributed by atoms with van der Waals surface area (Å²) in [5.41, 5.74) is 4.37. The number of ketones is 1. The molecule has 0 saturated carbocycles. The van der Waals surface area contributed by atoms with Crippen LogP contribution < -0.4 is 30.2 Å². The van der Waals surface area contributed by atoms with Gasteiger partial charge in [0.2, 0.25) is 32.1 Å². The Bertz CT molecular complexity index is 4780. The number of hydrogen-bond acceptors (Lipinski definition) is 37. The summed E-state index contributed by atoms with van der Waals surface area (Å²) < 4.78 is 54.7. The number of carbonyl (C=O) groups excluding carboxylic acids is 8. The summed E-state index contributed by atoms with van der Waals surface area (Å²) in [7, 11) is 8.44. The molecule has 6 aliphatic rings. The van der Waals surface area contributed by atoms with Crippen LogP contribution in [0.3, 0.4) is 0 Å². The Morgan fingerprint density at radius 2 is 1.08 bits per heavy atom. The van der Waals surface area contributed by atoms with Gasteiger partial charge in [0.05, 0.1) is 123 Å². The van der Waals surface area contributed by atoms with Crippen LogP contribution in [0.15, 0.2) is 78.3 Å². The van der Waals surface area contributed by atoms with Crippen LogP contribution >= 0.6 is 128 Å². The lowest BCUT2D eigenvalue weighted by molar-refractivity contribution is -0.385. The van der Waals surface area contributed by atoms with Crippen LogP contribution in [0.5, 0.6) is 0 Å². The fraction of sp³-hybridized carbons (Fsp3) is 0.560. The minimum Gasteiger partial charge on any atom is -0.469 e. The molecule has 12 rings (SSSR count). The molecule has 40 nitrogen and oxygen atoms in total. The first-order chi connectivity index (χ1) is 64.4. The van der Waals surface area contributed by atoms with Crippen molar-refractivity contribution in [3.05, 3.63) is 147 Å². The zero-order chi connectivity index (χ0) is 101. The molecule has 4 saturated heterocycles. The van der Waals surface area contributed by atoms with Gasteiger partial charge in [0.1, 0.15) is 65.0 Å². The molecule has 10 heterocycles. The smallest absolute Gasteiger partial charge is 0.334 e. The maximum Gasteiger partial charge on any atom is 0.334 e. The maximum absolute atomic E-state index is 12.7. The number of aldehydes is 1. The fourth-order valence-electron chi connectivity index (χ4n) is 13.3. The van der Waals surface area contributed by atoms with Crippen molar-refractivity contribution in [1.82, 2.24) is 44.7 Å². The number of alkyl halides is 3. The SMILES string of the molecule is CCC(N)(COCCCl)C(=O)OC.CCC(N=Cc1ccc(Cl)cc1)C(=O)OC.CCC(NCl)C(=O)OC.CCC1(C(=O)OC)CCCOC1.CCC1(C(=O)OC)COCCN1c1nc(Cl)ncc1[N+](=O)[O-].CCC12COCCN1c1nc(Cl)ncc1CC2=O.CCC12COCCN1c1nc(Cl)ncc1N(C)C2=O.ClCCOCCl.O=Cc1ccc(Cl)cc1.O=[N+]([O-])c1cnc(Cl)nc1Cl. The van der Waals surface area contributed by atoms with Gasteiger partial charge in [0, 0.05) is 85.1 Å². The molecular weight excluding hydrogens is 2010 g/mol. The average Bonchev–Trinajstić information content (AvgIpc) is 0.707. The molecule has 0 radical (unpaired) electrons. The van der Waals surface area contributed by atoms with Crippen LogP contribution in [0.1, 0.15) is 128 Å². The second-order valence-electron chi connectivity index (χ2n) is 29.0. The van der Waals surface area contributed by atoms with Crippen molar-refractivity contribution >= 4 is 216 Å². The Morgan fingerprint density at radius 1 is 0.585 bits per heavy atom. The number of nitrogens with two attached hydrogens (primary N) is 1. The van der Waals surface area contributed by atoms with Crippen molar-refractivity contribution in [2.75, 3.05) is 172 Å². The van der Waals surface area contributed by atoms with Gasteiger partial charge in [-0.1, -0.05) is 119 Å². The van der Waals surface area contributed by atoms with E-state index in [9.17, 15) is 58.6 Å². The number of benzene rings is 2. The minimum absolute atomic E-state index is 0.0134. The molecule has 7 unspecified atom stereocenters. The van der Waals surface area contributed by atoms with E-state index in [-0.39, 0.29) is 110 Å². The number of hydrogen-bond donors (Lipinski definition) is 2. The number of nitrogens with one attached hydrogen (secondary N) is 1. The van der Waals surface area contributed by atoms with Gasteiger partial charge >= 0.3 is 41.2 Å². The average molecular weight is 2120 g/mol. The number of fused-ring (bicyclic) bond motifs is 6. The number of Topliss-reactive ketones (excluding diaryl/α,β-unsaturated/α-hetero) is 1. The molecule has 0 bridgehead atoms. The van der Waals surface area contributed by atoms with Crippen LogP contribution in [0.2, 0.25) is 36.3 Å². The third kappa shape index (κ3) is 35.5. The summed E-state index contributed by atoms with van der Waals surface area (Å²) in [4.78, 5) is 157. The molecule has 6 aliphatic heterocycles. The van der Waals surface area contributed by atoms with Crippen molar-refractivity contribution in [2.24, 2.45) is 16.1 Å². The van der Waals surface area contributed by atoms with Gasteiger partial charge in [-0.15, -0.1) is 23.2 Å². The number of esters is 5. The number of aliphatic imine (C=N–C) groups is 1. The van der Waals surface area contributed by atoms with Crippen LogP contribution in [0, 0.1) is 25.6 Å². The zero-order valence-corrected chi connectivity index (χ0v) is 85.0. The number of aromatic nitrogens is 8. The van der Waals surface area contributed by atoms with Gasteiger partial charge in [-0.25, -0.2) is 44.1 Å². The highest BCUT2D eigenvalue weighted by atomic mass is 35.5. The van der Waals surface area contributed by atoms with E-state index in [0.29, 0.717) is 150 Å². The molecule has 4 aromatic heterocycles. The molecule has 3 N–H and O–H groups in total. The highest BCUT2D eigenvalue weighted by molar-refractivity contribution is 6.33. The van der Waals surface area contributed by atoms with Crippen molar-refractivity contribution in [1.29, 1.82) is 0 Å². The van der Waals surface area contributed by atoms with E-state index in [1.54, 1.807) is 80.8 Å². The summed E-state index contributed by atoms with van der Waals surface area (Å²) in [5, 5.41) is 22.6. The van der Waals surface area contributed by atoms with Crippen molar-refractivity contribution in [2.45, 2.75) is 147 Å². The van der Waals surface area contributed by atoms with Gasteiger partial charge in [0.15, 0.2) is 17.1 Å². The van der Waals surface area contributed by atoms with E-state index in [1.165, 1.54) is 40.4 Å². The number of halogens is 11. The van der Waals surface area contributed by atoms with E-state index in [0.717, 1.165) is 61.5 Å². The molecule has 1 amide bonds. The zero-order valence-electron chi connectivity index (χ0n) is 76.7. The quantitative estimate of drug-likeness (QED) is 0.00435. The molecule has 7 atom stereocenters. The van der Waals surface area contributed by atoms with Gasteiger partial charge in [-0.05, 0) is 146 Å². The number of amides is 1. The van der Waals surface area contributed by atoms with E-state index in [4.69, 9.17) is 167 Å². The summed E-state index contributed by atoms with van der Waals surface area (Å²) in [6, 6.07) is 13.4. The van der Waals surface area contributed by atoms with Crippen LogP contribution in [0.4, 0.5) is 34.5 Å². The van der Waals surface area contributed by atoms with E-state index in [1.807, 2.05) is 56.6 Å². The predicted octanol–water partition coefficient (Wildman–Crippen LogP) is 14.1. The number of ether oxygens (including phenoxy) is 11. The van der Waals surface area contributed by atoms with E-state index in [2.05, 4.69) is 68.6 Å².